The summed E-state index contributed by atoms with van der Waals surface area (Å²) in [5.74, 6) is -0.366. The van der Waals surface area contributed by atoms with Crippen LogP contribution in [0.5, 0.6) is 0 Å². The number of halogens is 3. The van der Waals surface area contributed by atoms with Crippen molar-refractivity contribution in [3.05, 3.63) is 59.6 Å². The third-order valence-electron chi connectivity index (χ3n) is 3.71. The van der Waals surface area contributed by atoms with Crippen LogP contribution in [0.25, 0.3) is 10.7 Å². The van der Waals surface area contributed by atoms with Crippen LogP contribution in [-0.2, 0) is 12.7 Å². The van der Waals surface area contributed by atoms with E-state index in [4.69, 9.17) is 0 Å². The number of nitrogens with zero attached hydrogens (tertiary/aromatic N) is 7. The molecule has 0 spiro atoms. The number of aromatic nitrogens is 6. The Morgan fingerprint density at radius 3 is 2.55 bits per heavy atom. The van der Waals surface area contributed by atoms with E-state index in [0.29, 0.717) is 23.1 Å². The van der Waals surface area contributed by atoms with Crippen molar-refractivity contribution in [1.82, 2.24) is 30.1 Å². The largest absolute Gasteiger partial charge is 0.471 e. The number of alkyl halides is 3. The summed E-state index contributed by atoms with van der Waals surface area (Å²) in [6.07, 6.45) is 3.26. The highest BCUT2D eigenvalue weighted by Crippen LogP contribution is 2.33. The topological polar surface area (TPSA) is 93.7 Å². The third-order valence-corrected chi connectivity index (χ3v) is 4.78. The highest BCUT2D eigenvalue weighted by atomic mass is 32.1. The van der Waals surface area contributed by atoms with Crippen LogP contribution >= 0.6 is 11.3 Å². The van der Waals surface area contributed by atoms with E-state index in [2.05, 4.69) is 34.6 Å². The first-order valence-electron chi connectivity index (χ1n) is 8.22. The van der Waals surface area contributed by atoms with Gasteiger partial charge in [0.15, 0.2) is 11.6 Å². The molecule has 0 aliphatic rings. The lowest BCUT2D eigenvalue weighted by atomic mass is 10.3. The molecule has 0 amide bonds. The molecule has 0 radical (unpaired) electrons. The molecule has 0 aromatic carbocycles. The number of aryl methyl sites for hydroxylation is 1. The molecule has 4 aromatic rings. The Balaban J connectivity index is 1.63. The molecule has 0 aliphatic carbocycles. The quantitative estimate of drug-likeness (QED) is 0.478. The van der Waals surface area contributed by atoms with Gasteiger partial charge in [0, 0.05) is 23.5 Å². The van der Waals surface area contributed by atoms with E-state index in [0.717, 1.165) is 10.6 Å². The molecule has 29 heavy (non-hydrogen) atoms. The van der Waals surface area contributed by atoms with Crippen LogP contribution in [0.3, 0.4) is 0 Å². The van der Waals surface area contributed by atoms with Gasteiger partial charge in [0.1, 0.15) is 0 Å². The molecular formula is C17H12F3N7OS. The molecule has 0 unspecified atom stereocenters. The number of hydrogen-bond acceptors (Lipinski definition) is 9. The van der Waals surface area contributed by atoms with E-state index in [1.807, 2.05) is 6.92 Å². The van der Waals surface area contributed by atoms with E-state index in [-0.39, 0.29) is 5.82 Å². The maximum absolute atomic E-state index is 12.7. The standard InChI is InChI=1S/C17H12F3N7OS/c1-10-6-22-8-14(24-10)27(13-7-21-4-5-23-13)9-11-2-3-12(29-11)15-25-16(28-26-15)17(18,19)20/h2-8H,9H2,1H3. The van der Waals surface area contributed by atoms with Gasteiger partial charge in [0.25, 0.3) is 0 Å². The van der Waals surface area contributed by atoms with Crippen molar-refractivity contribution in [2.24, 2.45) is 0 Å². The molecule has 0 saturated carbocycles. The zero-order valence-electron chi connectivity index (χ0n) is 14.8. The first-order valence-corrected chi connectivity index (χ1v) is 9.04. The van der Waals surface area contributed by atoms with E-state index >= 15 is 0 Å². The molecular weight excluding hydrogens is 407 g/mol. The summed E-state index contributed by atoms with van der Waals surface area (Å²) >= 11 is 1.24. The summed E-state index contributed by atoms with van der Waals surface area (Å²) in [6, 6.07) is 3.41. The Kier molecular flexibility index (Phi) is 4.92. The SMILES string of the molecule is Cc1cncc(N(Cc2ccc(-c3noc(C(F)(F)F)n3)s2)c2cnccn2)n1. The summed E-state index contributed by atoms with van der Waals surface area (Å²) in [5.41, 5.74) is 0.731. The minimum atomic E-state index is -4.68. The van der Waals surface area contributed by atoms with Gasteiger partial charge < -0.3 is 9.42 Å². The smallest absolute Gasteiger partial charge is 0.329 e. The number of hydrogen-bond donors (Lipinski definition) is 0. The Morgan fingerprint density at radius 1 is 1.03 bits per heavy atom. The molecule has 8 nitrogen and oxygen atoms in total. The van der Waals surface area contributed by atoms with Gasteiger partial charge >= 0.3 is 12.1 Å². The van der Waals surface area contributed by atoms with Crippen LogP contribution in [0.4, 0.5) is 24.8 Å². The fourth-order valence-electron chi connectivity index (χ4n) is 2.47. The third kappa shape index (κ3) is 4.21. The molecule has 0 N–H and O–H groups in total. The average Bonchev–Trinajstić information content (AvgIpc) is 3.36. The van der Waals surface area contributed by atoms with Crippen molar-refractivity contribution in [3.63, 3.8) is 0 Å². The lowest BCUT2D eigenvalue weighted by Gasteiger charge is -2.21. The second-order valence-electron chi connectivity index (χ2n) is 5.86. The normalized spacial score (nSPS) is 11.6. The van der Waals surface area contributed by atoms with Gasteiger partial charge in [-0.05, 0) is 19.1 Å². The number of thiophene rings is 1. The Bertz CT molecular complexity index is 1110. The predicted octanol–water partition coefficient (Wildman–Crippen LogP) is 4.04. The summed E-state index contributed by atoms with van der Waals surface area (Å²) in [7, 11) is 0. The number of rotatable bonds is 5. The lowest BCUT2D eigenvalue weighted by molar-refractivity contribution is -0.159. The van der Waals surface area contributed by atoms with Crippen LogP contribution < -0.4 is 4.90 Å². The second kappa shape index (κ2) is 7.54. The van der Waals surface area contributed by atoms with E-state index < -0.39 is 12.1 Å². The molecule has 0 aliphatic heterocycles. The van der Waals surface area contributed by atoms with Gasteiger partial charge in [-0.2, -0.15) is 18.2 Å². The fraction of sp³-hybridized carbons (Fsp3) is 0.176. The molecule has 0 saturated heterocycles. The predicted molar refractivity (Wildman–Crippen MR) is 97.3 cm³/mol. The van der Waals surface area contributed by atoms with Crippen molar-refractivity contribution in [2.75, 3.05) is 4.90 Å². The molecule has 0 atom stereocenters. The van der Waals surface area contributed by atoms with Crippen LogP contribution in [0.15, 0.2) is 47.6 Å². The van der Waals surface area contributed by atoms with Crippen molar-refractivity contribution < 1.29 is 17.7 Å². The molecule has 0 bridgehead atoms. The zero-order chi connectivity index (χ0) is 20.4. The first kappa shape index (κ1) is 18.9. The summed E-state index contributed by atoms with van der Waals surface area (Å²) < 4.78 is 42.3. The molecule has 148 valence electrons. The highest BCUT2D eigenvalue weighted by molar-refractivity contribution is 7.15. The van der Waals surface area contributed by atoms with Gasteiger partial charge in [0.2, 0.25) is 5.82 Å². The summed E-state index contributed by atoms with van der Waals surface area (Å²) in [6.45, 7) is 2.18. The van der Waals surface area contributed by atoms with Crippen LogP contribution in [-0.4, -0.2) is 30.1 Å². The van der Waals surface area contributed by atoms with E-state index in [1.165, 1.54) is 11.3 Å². The van der Waals surface area contributed by atoms with Crippen LogP contribution in [0.2, 0.25) is 0 Å². The van der Waals surface area contributed by atoms with Gasteiger partial charge in [-0.25, -0.2) is 9.97 Å². The van der Waals surface area contributed by atoms with Gasteiger partial charge in [0.05, 0.1) is 29.5 Å². The van der Waals surface area contributed by atoms with Crippen molar-refractivity contribution in [3.8, 4) is 10.7 Å². The molecule has 4 rings (SSSR count). The van der Waals surface area contributed by atoms with Crippen LogP contribution in [0, 0.1) is 6.92 Å². The van der Waals surface area contributed by atoms with Crippen molar-refractivity contribution in [2.45, 2.75) is 19.6 Å². The monoisotopic (exact) mass is 419 g/mol. The second-order valence-corrected chi connectivity index (χ2v) is 7.02. The summed E-state index contributed by atoms with van der Waals surface area (Å²) in [5, 5.41) is 3.42. The molecule has 4 aromatic heterocycles. The van der Waals surface area contributed by atoms with Gasteiger partial charge in [-0.3, -0.25) is 9.97 Å². The zero-order valence-corrected chi connectivity index (χ0v) is 15.6. The maximum atomic E-state index is 12.7. The van der Waals surface area contributed by atoms with Crippen LogP contribution in [0.1, 0.15) is 16.5 Å². The summed E-state index contributed by atoms with van der Waals surface area (Å²) in [4.78, 5) is 23.5. The Labute approximate surface area is 166 Å². The molecule has 12 heteroatoms. The van der Waals surface area contributed by atoms with E-state index in [9.17, 15) is 13.2 Å². The molecule has 4 heterocycles. The maximum Gasteiger partial charge on any atom is 0.471 e. The Hall–Kier alpha value is -3.41. The van der Waals surface area contributed by atoms with Gasteiger partial charge in [-0.15, -0.1) is 11.3 Å². The van der Waals surface area contributed by atoms with Gasteiger partial charge in [-0.1, -0.05) is 5.16 Å². The van der Waals surface area contributed by atoms with E-state index in [1.54, 1.807) is 48.0 Å². The average molecular weight is 419 g/mol. The Morgan fingerprint density at radius 2 is 1.86 bits per heavy atom. The fourth-order valence-corrected chi connectivity index (χ4v) is 3.39. The minimum Gasteiger partial charge on any atom is -0.329 e. The van der Waals surface area contributed by atoms with Crippen molar-refractivity contribution >= 4 is 23.0 Å². The first-order chi connectivity index (χ1) is 13.9. The van der Waals surface area contributed by atoms with Crippen molar-refractivity contribution in [1.29, 1.82) is 0 Å². The highest BCUT2D eigenvalue weighted by Gasteiger charge is 2.38. The minimum absolute atomic E-state index is 0.116. The molecule has 0 fully saturated rings. The lowest BCUT2D eigenvalue weighted by Crippen LogP contribution is -2.19. The number of anilines is 2.